The molecule has 5 nitrogen and oxygen atoms in total. The summed E-state index contributed by atoms with van der Waals surface area (Å²) in [6.45, 7) is 0. The van der Waals surface area contributed by atoms with Gasteiger partial charge in [0.05, 0.1) is 0 Å². The normalized spacial score (nSPS) is 7.25. The first-order valence-corrected chi connectivity index (χ1v) is 3.10. The molecular formula is H7NaO5S2. The van der Waals surface area contributed by atoms with Crippen LogP contribution < -0.4 is 29.6 Å². The fourth-order valence-electron chi connectivity index (χ4n) is 0. The van der Waals surface area contributed by atoms with Gasteiger partial charge in [-0.1, -0.05) is 0 Å². The maximum Gasteiger partial charge on any atom is 1.00 e. The second-order valence-electron chi connectivity index (χ2n) is 0.448. The van der Waals surface area contributed by atoms with Crippen molar-refractivity contribution in [3.63, 3.8) is 0 Å². The van der Waals surface area contributed by atoms with Gasteiger partial charge < -0.3 is 12.4 Å². The van der Waals surface area contributed by atoms with Crippen molar-refractivity contribution < 1.29 is 55.3 Å². The molecular weight excluding hydrogens is 167 g/mol. The summed E-state index contributed by atoms with van der Waals surface area (Å²) in [5, 5.41) is 0. The Hall–Kier alpha value is 1.21. The first kappa shape index (κ1) is 22.9. The molecule has 0 spiro atoms. The summed E-state index contributed by atoms with van der Waals surface area (Å²) >= 11 is 3.47. The van der Waals surface area contributed by atoms with Gasteiger partial charge >= 0.3 is 29.6 Å². The molecule has 0 saturated carbocycles. The predicted molar refractivity (Wildman–Crippen MR) is 29.1 cm³/mol. The average Bonchev–Trinajstić information content (AvgIpc) is 0.722. The first-order chi connectivity index (χ1) is 2.00. The Kier molecular flexibility index (Phi) is 23.5. The summed E-state index contributed by atoms with van der Waals surface area (Å²) in [6, 6.07) is 0. The molecule has 50 valence electrons. The zero-order valence-corrected chi connectivity index (χ0v) is 7.75. The Morgan fingerprint density at radius 1 is 1.38 bits per heavy atom. The Labute approximate surface area is 75.2 Å². The fourth-order valence-corrected chi connectivity index (χ4v) is 0. The number of hydrogen-bond donors (Lipinski definition) is 2. The number of rotatable bonds is 0. The molecule has 0 aliphatic rings. The molecule has 0 aromatic carbocycles. The smallest absolute Gasteiger partial charge is 1.00 e. The maximum absolute atomic E-state index is 9.11. The Morgan fingerprint density at radius 3 is 1.38 bits per heavy atom. The van der Waals surface area contributed by atoms with Gasteiger partial charge in [0.1, 0.15) is 0 Å². The monoisotopic (exact) mass is 174 g/mol. The summed E-state index contributed by atoms with van der Waals surface area (Å²) in [4.78, 5) is 0. The minimum atomic E-state index is -3.83. The van der Waals surface area contributed by atoms with Gasteiger partial charge in [-0.3, -0.25) is 9.11 Å². The average molecular weight is 174 g/mol. The standard InChI is InChI=1S/Na.H2O3S2.2H2O.H/c;1-5(2,3)4;;;/h;(H2,1,2,3,4);2*1H2;/q+1;;;;-1. The van der Waals surface area contributed by atoms with E-state index in [0.29, 0.717) is 0 Å². The fraction of sp³-hybridized carbons (Fsp3) is 0. The van der Waals surface area contributed by atoms with Crippen molar-refractivity contribution in [2.24, 2.45) is 0 Å². The topological polar surface area (TPSA) is 121 Å². The van der Waals surface area contributed by atoms with E-state index in [9.17, 15) is 0 Å². The summed E-state index contributed by atoms with van der Waals surface area (Å²) in [6.07, 6.45) is 0. The van der Waals surface area contributed by atoms with Gasteiger partial charge in [-0.15, -0.1) is 0 Å². The van der Waals surface area contributed by atoms with E-state index >= 15 is 0 Å². The molecule has 0 fully saturated rings. The summed E-state index contributed by atoms with van der Waals surface area (Å²) in [7, 11) is -3.83. The Morgan fingerprint density at radius 2 is 1.38 bits per heavy atom. The Balaban J connectivity index is -0.0000000133. The molecule has 0 saturated heterocycles. The van der Waals surface area contributed by atoms with Crippen LogP contribution in [0.2, 0.25) is 0 Å². The summed E-state index contributed by atoms with van der Waals surface area (Å²) < 4.78 is 24.0. The van der Waals surface area contributed by atoms with E-state index in [1.54, 1.807) is 0 Å². The Bertz CT molecular complexity index is 98.1. The van der Waals surface area contributed by atoms with Crippen molar-refractivity contribution in [2.75, 3.05) is 0 Å². The second-order valence-corrected chi connectivity index (χ2v) is 2.65. The molecule has 0 aromatic rings. The van der Waals surface area contributed by atoms with Crippen LogP contribution in [0.15, 0.2) is 0 Å². The van der Waals surface area contributed by atoms with Crippen molar-refractivity contribution in [3.8, 4) is 0 Å². The predicted octanol–water partition coefficient (Wildman–Crippen LogP) is -4.85. The van der Waals surface area contributed by atoms with Crippen LogP contribution in [0.5, 0.6) is 0 Å². The van der Waals surface area contributed by atoms with E-state index in [1.165, 1.54) is 0 Å². The summed E-state index contributed by atoms with van der Waals surface area (Å²) in [5.74, 6) is 0. The van der Waals surface area contributed by atoms with Crippen molar-refractivity contribution in [2.45, 2.75) is 0 Å². The van der Waals surface area contributed by atoms with Crippen LogP contribution in [0, 0.1) is 0 Å². The van der Waals surface area contributed by atoms with Crippen molar-refractivity contribution in [1.29, 1.82) is 0 Å². The van der Waals surface area contributed by atoms with Gasteiger partial charge in [0.15, 0.2) is 0 Å². The molecule has 0 heterocycles. The zero-order valence-electron chi connectivity index (χ0n) is 5.12. The summed E-state index contributed by atoms with van der Waals surface area (Å²) in [5.41, 5.74) is 0. The van der Waals surface area contributed by atoms with Crippen LogP contribution in [0.25, 0.3) is 0 Å². The third-order valence-corrected chi connectivity index (χ3v) is 0. The minimum Gasteiger partial charge on any atom is -1.00 e. The van der Waals surface area contributed by atoms with Gasteiger partial charge in [-0.2, -0.15) is 4.21 Å². The van der Waals surface area contributed by atoms with Crippen LogP contribution in [-0.2, 0) is 20.2 Å². The SMILES string of the molecule is O.O.O=S(O)(O)=S.[H-].[Na+]. The van der Waals surface area contributed by atoms with Crippen LogP contribution in [-0.4, -0.2) is 24.3 Å². The van der Waals surface area contributed by atoms with E-state index in [2.05, 4.69) is 11.2 Å². The van der Waals surface area contributed by atoms with Gasteiger partial charge in [0.25, 0.3) is 9.05 Å². The largest absolute Gasteiger partial charge is 1.00 e. The molecule has 0 rings (SSSR count). The van der Waals surface area contributed by atoms with Crippen LogP contribution in [0.3, 0.4) is 0 Å². The molecule has 0 amide bonds. The van der Waals surface area contributed by atoms with E-state index in [1.807, 2.05) is 0 Å². The van der Waals surface area contributed by atoms with E-state index in [0.717, 1.165) is 0 Å². The molecule has 0 bridgehead atoms. The molecule has 0 radical (unpaired) electrons. The maximum atomic E-state index is 9.11. The second kappa shape index (κ2) is 8.21. The number of hydrogen-bond acceptors (Lipinski definition) is 2. The molecule has 6 N–H and O–H groups in total. The van der Waals surface area contributed by atoms with Gasteiger partial charge in [-0.05, 0) is 0 Å². The van der Waals surface area contributed by atoms with Crippen molar-refractivity contribution in [3.05, 3.63) is 0 Å². The van der Waals surface area contributed by atoms with Crippen LogP contribution >= 0.6 is 0 Å². The molecule has 0 aliphatic heterocycles. The molecule has 0 aliphatic carbocycles. The van der Waals surface area contributed by atoms with Crippen LogP contribution in [0.4, 0.5) is 0 Å². The third kappa shape index (κ3) is 190. The molecule has 0 unspecified atom stereocenters. The quantitative estimate of drug-likeness (QED) is 0.358. The third-order valence-electron chi connectivity index (χ3n) is 0. The first-order valence-electron chi connectivity index (χ1n) is 0.698. The minimum absolute atomic E-state index is 0. The molecule has 8 heteroatoms. The van der Waals surface area contributed by atoms with Gasteiger partial charge in [-0.25, -0.2) is 0 Å². The van der Waals surface area contributed by atoms with E-state index < -0.39 is 9.05 Å². The van der Waals surface area contributed by atoms with Crippen molar-refractivity contribution >= 4 is 20.2 Å². The van der Waals surface area contributed by atoms with Crippen molar-refractivity contribution in [1.82, 2.24) is 0 Å². The van der Waals surface area contributed by atoms with Crippen LogP contribution in [0.1, 0.15) is 1.43 Å². The van der Waals surface area contributed by atoms with E-state index in [4.69, 9.17) is 13.3 Å². The molecule has 8 heavy (non-hydrogen) atoms. The van der Waals surface area contributed by atoms with Gasteiger partial charge in [0.2, 0.25) is 0 Å². The molecule has 0 atom stereocenters. The zero-order chi connectivity index (χ0) is 4.50. The van der Waals surface area contributed by atoms with E-state index in [-0.39, 0.29) is 41.9 Å². The molecule has 0 aromatic heterocycles. The van der Waals surface area contributed by atoms with Gasteiger partial charge in [0, 0.05) is 11.2 Å².